The molecule has 10 aliphatic carbocycles. The Bertz CT molecular complexity index is 2100. The lowest BCUT2D eigenvalue weighted by Gasteiger charge is -2.56. The number of fused-ring (bicyclic) bond motifs is 26. The molecule has 8 bridgehead atoms. The summed E-state index contributed by atoms with van der Waals surface area (Å²) in [7, 11) is 12.3. The first-order chi connectivity index (χ1) is 38.2. The molecule has 0 spiro atoms. The van der Waals surface area contributed by atoms with Crippen molar-refractivity contribution in [3.8, 4) is 0 Å². The van der Waals surface area contributed by atoms with Gasteiger partial charge in [-0.05, 0) is 146 Å². The highest BCUT2D eigenvalue weighted by Gasteiger charge is 2.68. The number of hydrogen-bond acceptors (Lipinski definition) is 14. The molecular weight excluding hydrogens is 977 g/mol. The van der Waals surface area contributed by atoms with Crippen LogP contribution in [0.1, 0.15) is 142 Å². The third kappa shape index (κ3) is 8.37. The van der Waals surface area contributed by atoms with Crippen molar-refractivity contribution in [3.63, 3.8) is 0 Å². The summed E-state index contributed by atoms with van der Waals surface area (Å²) in [6.07, 6.45) is 27.8. The van der Waals surface area contributed by atoms with Crippen molar-refractivity contribution in [3.05, 3.63) is 0 Å². The highest BCUT2D eigenvalue weighted by Crippen LogP contribution is 2.61. The van der Waals surface area contributed by atoms with Gasteiger partial charge in [-0.15, -0.1) is 0 Å². The van der Waals surface area contributed by atoms with E-state index in [1.165, 1.54) is 128 Å². The van der Waals surface area contributed by atoms with E-state index in [2.05, 4.69) is 77.7 Å². The summed E-state index contributed by atoms with van der Waals surface area (Å²) in [6, 6.07) is 0. The molecule has 36 atom stereocenters. The maximum absolute atomic E-state index is 7.11. The van der Waals surface area contributed by atoms with Gasteiger partial charge >= 0.3 is 0 Å². The van der Waals surface area contributed by atoms with E-state index in [9.17, 15) is 0 Å². The summed E-state index contributed by atoms with van der Waals surface area (Å²) in [5.41, 5.74) is 0. The van der Waals surface area contributed by atoms with E-state index in [0.717, 1.165) is 23.7 Å². The smallest absolute Gasteiger partial charge is 0.0663 e. The molecule has 10 saturated carbocycles. The van der Waals surface area contributed by atoms with Crippen LogP contribution in [-0.2, 0) is 28.4 Å². The zero-order chi connectivity index (χ0) is 52.8. The maximum Gasteiger partial charge on any atom is 0.0663 e. The lowest BCUT2D eigenvalue weighted by Crippen LogP contribution is -2.63. The monoisotopic (exact) mass is 1080 g/mol. The molecule has 78 heavy (non-hydrogen) atoms. The lowest BCUT2D eigenvalue weighted by atomic mass is 9.52. The average Bonchev–Trinajstić information content (AvgIpc) is 4.41. The minimum atomic E-state index is 0.00202. The Balaban J connectivity index is 0.866. The number of ether oxygens (including phenoxy) is 6. The average molecular weight is 1090 g/mol. The second-order valence-electron chi connectivity index (χ2n) is 30.1. The first-order valence-electron chi connectivity index (χ1n) is 33.5. The first-order valence-corrected chi connectivity index (χ1v) is 33.5. The topological polar surface area (TPSA) is 152 Å². The van der Waals surface area contributed by atoms with Gasteiger partial charge in [0.05, 0.1) is 86.0 Å². The number of methoxy groups -OCH3 is 6. The molecule has 36 unspecified atom stereocenters. The fourth-order valence-corrected chi connectivity index (χ4v) is 25.4. The van der Waals surface area contributed by atoms with Crippen molar-refractivity contribution in [2.75, 3.05) is 42.7 Å². The second-order valence-corrected chi connectivity index (χ2v) is 30.1. The summed E-state index contributed by atoms with van der Waals surface area (Å²) < 4.78 is 42.2. The minimum absolute atomic E-state index is 0.00202. The Morgan fingerprint density at radius 1 is 0.231 bits per heavy atom. The Morgan fingerprint density at radius 2 is 0.436 bits per heavy atom. The molecule has 0 aromatic rings. The molecule has 0 aromatic heterocycles. The van der Waals surface area contributed by atoms with Gasteiger partial charge in [0, 0.05) is 78.2 Å². The summed E-state index contributed by atoms with van der Waals surface area (Å²) in [5.74, 6) is 11.0. The van der Waals surface area contributed by atoms with Crippen molar-refractivity contribution >= 4 is 0 Å². The van der Waals surface area contributed by atoms with Gasteiger partial charge in [-0.25, -0.2) is 0 Å². The number of rotatable bonds is 6. The lowest BCUT2D eigenvalue weighted by molar-refractivity contribution is -0.171. The van der Waals surface area contributed by atoms with Gasteiger partial charge in [0.1, 0.15) is 0 Å². The molecule has 5 saturated heterocycles. The van der Waals surface area contributed by atoms with Crippen LogP contribution in [0.2, 0.25) is 0 Å². The Morgan fingerprint density at radius 3 is 0.744 bits per heavy atom. The van der Waals surface area contributed by atoms with Gasteiger partial charge in [0.25, 0.3) is 0 Å². The third-order valence-electron chi connectivity index (χ3n) is 28.0. The molecule has 15 rings (SSSR count). The van der Waals surface area contributed by atoms with Gasteiger partial charge in [-0.3, -0.25) is 42.5 Å². The van der Waals surface area contributed by atoms with Gasteiger partial charge in [-0.2, -0.15) is 0 Å². The first kappa shape index (κ1) is 54.1. The Hall–Kier alpha value is -0.560. The fraction of sp³-hybridized carbons (Fsp3) is 1.00. The zero-order valence-corrected chi connectivity index (χ0v) is 49.4. The quantitative estimate of drug-likeness (QED) is 0.138. The summed E-state index contributed by atoms with van der Waals surface area (Å²) >= 11 is 0. The minimum Gasteiger partial charge on any atom is -0.381 e. The predicted octanol–water partition coefficient (Wildman–Crippen LogP) is 7.00. The van der Waals surface area contributed by atoms with E-state index in [1.54, 1.807) is 0 Å². The number of hydrogen-bond donors (Lipinski definition) is 8. The van der Waals surface area contributed by atoms with Crippen LogP contribution in [-0.4, -0.2) is 129 Å². The van der Waals surface area contributed by atoms with E-state index in [-0.39, 0.29) is 110 Å². The van der Waals surface area contributed by atoms with Crippen LogP contribution in [0.25, 0.3) is 0 Å². The maximum atomic E-state index is 7.11. The van der Waals surface area contributed by atoms with E-state index in [4.69, 9.17) is 28.4 Å². The molecule has 5 aliphatic heterocycles. The zero-order valence-electron chi connectivity index (χ0n) is 49.4. The molecule has 14 heteroatoms. The van der Waals surface area contributed by atoms with E-state index >= 15 is 0 Å². The summed E-state index contributed by atoms with van der Waals surface area (Å²) in [4.78, 5) is 0. The van der Waals surface area contributed by atoms with E-state index in [0.29, 0.717) is 82.9 Å². The summed E-state index contributed by atoms with van der Waals surface area (Å²) in [5, 5.41) is 36.4. The molecular formula is C64H108N8O6. The molecule has 8 N–H and O–H groups in total. The normalized spacial score (nSPS) is 59.7. The molecule has 0 aromatic carbocycles. The molecule has 14 nitrogen and oxygen atoms in total. The molecule has 0 amide bonds. The van der Waals surface area contributed by atoms with Crippen molar-refractivity contribution in [2.24, 2.45) is 130 Å². The van der Waals surface area contributed by atoms with Crippen LogP contribution in [0.15, 0.2) is 0 Å². The van der Waals surface area contributed by atoms with Crippen LogP contribution in [0.5, 0.6) is 0 Å². The highest BCUT2D eigenvalue weighted by atomic mass is 16.5. The van der Waals surface area contributed by atoms with Gasteiger partial charge in [0.15, 0.2) is 0 Å². The Labute approximate surface area is 470 Å². The van der Waals surface area contributed by atoms with Gasteiger partial charge in [0.2, 0.25) is 0 Å². The van der Waals surface area contributed by atoms with E-state index in [1.807, 2.05) is 21.3 Å². The highest BCUT2D eigenvalue weighted by molar-refractivity contribution is 5.19. The molecule has 15 fully saturated rings. The van der Waals surface area contributed by atoms with Crippen molar-refractivity contribution < 1.29 is 28.4 Å². The van der Waals surface area contributed by atoms with Crippen LogP contribution < -0.4 is 42.5 Å². The molecule has 15 aliphatic rings. The molecule has 0 radical (unpaired) electrons. The SMILES string of the molecule is COC1C2CCCCC2C(C)C2C3NC(NC4NC(NC5NC(NC6NC(N3)C3C(OC)C7CCCCC7C(OC)C63)C3C(C)C6CC7CCCCC7CC6C(OC)C53)C3C(OC)C5CC6CCCCC6CC5C(OC)C43)C12. The standard InChI is InChI=1S/C64H108N8O6/c1-29-35-21-13-14-22-36(35)51(73-3)45-43(29)57-65-59(45)69-63-49-50(56(78-8)42-28-34-20-12-11-19-33(34)27-41(42)55(49)77-7)64(72-63)70-60-46-44(30(2)39-25-31-17-9-10-18-32(31)26-40(39)54(46)76-6)58(66-60)68-62-48-47(61(67-57)71-62)52(74-4)37-23-15-16-24-38(37)53(48)75-5/h29-72H,9-28H2,1-8H3. The van der Waals surface area contributed by atoms with Crippen molar-refractivity contribution in [1.29, 1.82) is 0 Å². The third-order valence-corrected chi connectivity index (χ3v) is 28.0. The second kappa shape index (κ2) is 21.7. The van der Waals surface area contributed by atoms with Crippen LogP contribution in [0.3, 0.4) is 0 Å². The molecule has 5 heterocycles. The van der Waals surface area contributed by atoms with Crippen molar-refractivity contribution in [2.45, 2.75) is 228 Å². The fourth-order valence-electron chi connectivity index (χ4n) is 25.4. The van der Waals surface area contributed by atoms with E-state index < -0.39 is 0 Å². The van der Waals surface area contributed by atoms with Crippen molar-refractivity contribution in [1.82, 2.24) is 42.5 Å². The summed E-state index contributed by atoms with van der Waals surface area (Å²) in [6.45, 7) is 5.31. The largest absolute Gasteiger partial charge is 0.381 e. The van der Waals surface area contributed by atoms with Crippen LogP contribution in [0.4, 0.5) is 0 Å². The Kier molecular flexibility index (Phi) is 15.1. The number of nitrogens with one attached hydrogen (secondary N) is 8. The molecule has 440 valence electrons. The van der Waals surface area contributed by atoms with Crippen LogP contribution in [0, 0.1) is 130 Å². The van der Waals surface area contributed by atoms with Gasteiger partial charge < -0.3 is 28.4 Å². The van der Waals surface area contributed by atoms with Crippen LogP contribution >= 0.6 is 0 Å². The van der Waals surface area contributed by atoms with Gasteiger partial charge in [-0.1, -0.05) is 90.9 Å². The predicted molar refractivity (Wildman–Crippen MR) is 301 cm³/mol.